The van der Waals surface area contributed by atoms with E-state index in [2.05, 4.69) is 4.72 Å². The van der Waals surface area contributed by atoms with Gasteiger partial charge in [0, 0.05) is 16.8 Å². The number of hydrogen-bond acceptors (Lipinski definition) is 6. The SMILES string of the molecule is CS(=O)(=O)Nc1ccc(-c2coc3cc(C(=O)c4cccc(C(=O)O)c4)ccc3c2=O)cc1. The predicted molar refractivity (Wildman–Crippen MR) is 123 cm³/mol. The average molecular weight is 463 g/mol. The number of fused-ring (bicyclic) bond motifs is 1. The highest BCUT2D eigenvalue weighted by atomic mass is 32.2. The quantitative estimate of drug-likeness (QED) is 0.416. The number of carboxylic acid groups (broad SMARTS) is 1. The molecule has 0 saturated carbocycles. The van der Waals surface area contributed by atoms with Crippen molar-refractivity contribution in [2.45, 2.75) is 0 Å². The van der Waals surface area contributed by atoms with Crippen LogP contribution in [-0.2, 0) is 10.0 Å². The Morgan fingerprint density at radius 2 is 1.58 bits per heavy atom. The van der Waals surface area contributed by atoms with Gasteiger partial charge >= 0.3 is 5.97 Å². The Labute approximate surface area is 188 Å². The number of aromatic carboxylic acids is 1. The highest BCUT2D eigenvalue weighted by Crippen LogP contribution is 2.23. The molecule has 0 fully saturated rings. The number of benzene rings is 3. The normalized spacial score (nSPS) is 11.3. The summed E-state index contributed by atoms with van der Waals surface area (Å²) < 4.78 is 30.7. The van der Waals surface area contributed by atoms with E-state index in [1.54, 1.807) is 12.1 Å². The van der Waals surface area contributed by atoms with E-state index in [0.717, 1.165) is 6.26 Å². The van der Waals surface area contributed by atoms with E-state index in [4.69, 9.17) is 9.52 Å². The van der Waals surface area contributed by atoms with Crippen molar-refractivity contribution in [1.82, 2.24) is 0 Å². The molecule has 0 spiro atoms. The molecule has 166 valence electrons. The Morgan fingerprint density at radius 3 is 2.24 bits per heavy atom. The van der Waals surface area contributed by atoms with Crippen LogP contribution in [0.2, 0.25) is 0 Å². The smallest absolute Gasteiger partial charge is 0.335 e. The number of rotatable bonds is 6. The van der Waals surface area contributed by atoms with Crippen molar-refractivity contribution in [2.75, 3.05) is 11.0 Å². The second kappa shape index (κ2) is 8.36. The van der Waals surface area contributed by atoms with E-state index in [0.29, 0.717) is 11.3 Å². The van der Waals surface area contributed by atoms with Gasteiger partial charge in [0.15, 0.2) is 11.2 Å². The van der Waals surface area contributed by atoms with E-state index >= 15 is 0 Å². The zero-order valence-corrected chi connectivity index (χ0v) is 18.0. The fourth-order valence-corrected chi connectivity index (χ4v) is 3.93. The lowest BCUT2D eigenvalue weighted by molar-refractivity contribution is 0.0697. The van der Waals surface area contributed by atoms with Crippen molar-refractivity contribution in [1.29, 1.82) is 0 Å². The van der Waals surface area contributed by atoms with Crippen molar-refractivity contribution in [3.05, 3.63) is 99.9 Å². The lowest BCUT2D eigenvalue weighted by atomic mass is 9.99. The lowest BCUT2D eigenvalue weighted by Gasteiger charge is -2.07. The average Bonchev–Trinajstić information content (AvgIpc) is 2.78. The highest BCUT2D eigenvalue weighted by molar-refractivity contribution is 7.92. The van der Waals surface area contributed by atoms with E-state index in [-0.39, 0.29) is 38.7 Å². The summed E-state index contributed by atoms with van der Waals surface area (Å²) in [5.41, 5.74) is 1.52. The summed E-state index contributed by atoms with van der Waals surface area (Å²) in [7, 11) is -3.42. The van der Waals surface area contributed by atoms with Crippen LogP contribution in [0.3, 0.4) is 0 Å². The summed E-state index contributed by atoms with van der Waals surface area (Å²) in [4.78, 5) is 37.0. The zero-order valence-electron chi connectivity index (χ0n) is 17.2. The maximum Gasteiger partial charge on any atom is 0.335 e. The molecular formula is C24H17NO7S. The van der Waals surface area contributed by atoms with Gasteiger partial charge in [-0.05, 0) is 42.0 Å². The van der Waals surface area contributed by atoms with Gasteiger partial charge in [-0.2, -0.15) is 0 Å². The minimum Gasteiger partial charge on any atom is -0.478 e. The van der Waals surface area contributed by atoms with Gasteiger partial charge < -0.3 is 9.52 Å². The van der Waals surface area contributed by atoms with Crippen molar-refractivity contribution in [3.63, 3.8) is 0 Å². The van der Waals surface area contributed by atoms with Gasteiger partial charge in [-0.15, -0.1) is 0 Å². The molecule has 0 bridgehead atoms. The third kappa shape index (κ3) is 4.68. The van der Waals surface area contributed by atoms with Crippen LogP contribution in [0.25, 0.3) is 22.1 Å². The summed E-state index contributed by atoms with van der Waals surface area (Å²) in [5, 5.41) is 9.39. The van der Waals surface area contributed by atoms with Gasteiger partial charge in [0.05, 0.1) is 22.8 Å². The first-order chi connectivity index (χ1) is 15.6. The molecule has 0 unspecified atom stereocenters. The third-order valence-electron chi connectivity index (χ3n) is 4.91. The molecular weight excluding hydrogens is 446 g/mol. The Morgan fingerprint density at radius 1 is 0.909 bits per heavy atom. The topological polar surface area (TPSA) is 131 Å². The largest absolute Gasteiger partial charge is 0.478 e. The van der Waals surface area contributed by atoms with Gasteiger partial charge in [0.2, 0.25) is 10.0 Å². The molecule has 1 aromatic heterocycles. The summed E-state index contributed by atoms with van der Waals surface area (Å²) in [6.07, 6.45) is 2.32. The van der Waals surface area contributed by atoms with Gasteiger partial charge in [0.25, 0.3) is 0 Å². The minimum absolute atomic E-state index is 0.00410. The first-order valence-corrected chi connectivity index (χ1v) is 11.5. The fraction of sp³-hybridized carbons (Fsp3) is 0.0417. The minimum atomic E-state index is -3.42. The predicted octanol–water partition coefficient (Wildman–Crippen LogP) is 3.76. The number of carbonyl (C=O) groups excluding carboxylic acids is 1. The van der Waals surface area contributed by atoms with Crippen LogP contribution in [-0.4, -0.2) is 31.5 Å². The molecule has 2 N–H and O–H groups in total. The van der Waals surface area contributed by atoms with Crippen LogP contribution >= 0.6 is 0 Å². The Bertz CT molecular complexity index is 1570. The number of hydrogen-bond donors (Lipinski definition) is 2. The van der Waals surface area contributed by atoms with E-state index in [1.165, 1.54) is 60.9 Å². The first kappa shape index (κ1) is 22.0. The van der Waals surface area contributed by atoms with Crippen LogP contribution in [0, 0.1) is 0 Å². The summed E-state index contributed by atoms with van der Waals surface area (Å²) in [5.74, 6) is -1.54. The molecule has 0 radical (unpaired) electrons. The number of anilines is 1. The maximum absolute atomic E-state index is 13.0. The van der Waals surface area contributed by atoms with Crippen molar-refractivity contribution >= 4 is 38.4 Å². The van der Waals surface area contributed by atoms with Crippen molar-refractivity contribution < 1.29 is 27.5 Å². The molecule has 3 aromatic carbocycles. The molecule has 0 amide bonds. The fourth-order valence-electron chi connectivity index (χ4n) is 3.36. The highest BCUT2D eigenvalue weighted by Gasteiger charge is 2.15. The summed E-state index contributed by atoms with van der Waals surface area (Å²) >= 11 is 0. The Balaban J connectivity index is 1.68. The molecule has 0 atom stereocenters. The van der Waals surface area contributed by atoms with Crippen LogP contribution in [0.5, 0.6) is 0 Å². The number of carbonyl (C=O) groups is 2. The van der Waals surface area contributed by atoms with Crippen LogP contribution in [0.15, 0.2) is 82.2 Å². The van der Waals surface area contributed by atoms with E-state index in [1.807, 2.05) is 0 Å². The standard InChI is InChI=1S/C24H17NO7S/c1-33(30,31)25-18-8-5-14(6-9-18)20-13-32-21-12-16(7-10-19(21)23(20)27)22(26)15-3-2-4-17(11-15)24(28)29/h2-13,25H,1H3,(H,28,29). The molecule has 0 saturated heterocycles. The van der Waals surface area contributed by atoms with Crippen molar-refractivity contribution in [3.8, 4) is 11.1 Å². The molecule has 9 heteroatoms. The number of nitrogens with one attached hydrogen (secondary N) is 1. The molecule has 1 heterocycles. The molecule has 0 aliphatic rings. The maximum atomic E-state index is 13.0. The second-order valence-corrected chi connectivity index (χ2v) is 9.10. The number of sulfonamides is 1. The van der Waals surface area contributed by atoms with Gasteiger partial charge in [-0.25, -0.2) is 13.2 Å². The molecule has 8 nitrogen and oxygen atoms in total. The molecule has 0 aliphatic heterocycles. The summed E-state index contributed by atoms with van der Waals surface area (Å²) in [6.45, 7) is 0. The van der Waals surface area contributed by atoms with Gasteiger partial charge in [0.1, 0.15) is 11.8 Å². The van der Waals surface area contributed by atoms with Gasteiger partial charge in [-0.3, -0.25) is 14.3 Å². The monoisotopic (exact) mass is 463 g/mol. The molecule has 0 aliphatic carbocycles. The summed E-state index contributed by atoms with van der Waals surface area (Å²) in [6, 6.07) is 16.4. The third-order valence-corrected chi connectivity index (χ3v) is 5.51. The van der Waals surface area contributed by atoms with E-state index in [9.17, 15) is 22.8 Å². The number of carboxylic acids is 1. The molecule has 4 rings (SSSR count). The molecule has 4 aromatic rings. The molecule has 33 heavy (non-hydrogen) atoms. The van der Waals surface area contributed by atoms with Crippen LogP contribution in [0.4, 0.5) is 5.69 Å². The lowest BCUT2D eigenvalue weighted by Crippen LogP contribution is -2.09. The first-order valence-electron chi connectivity index (χ1n) is 9.64. The number of ketones is 1. The second-order valence-electron chi connectivity index (χ2n) is 7.36. The van der Waals surface area contributed by atoms with E-state index < -0.39 is 21.8 Å². The Kier molecular flexibility index (Phi) is 5.57. The van der Waals surface area contributed by atoms with Gasteiger partial charge in [-0.1, -0.05) is 30.3 Å². The Hall–Kier alpha value is -4.24. The van der Waals surface area contributed by atoms with Crippen LogP contribution in [0.1, 0.15) is 26.3 Å². The zero-order chi connectivity index (χ0) is 23.8. The van der Waals surface area contributed by atoms with Crippen molar-refractivity contribution in [2.24, 2.45) is 0 Å². The van der Waals surface area contributed by atoms with Crippen LogP contribution < -0.4 is 10.2 Å².